The van der Waals surface area contributed by atoms with Crippen LogP contribution in [0.3, 0.4) is 0 Å². The van der Waals surface area contributed by atoms with E-state index >= 15 is 0 Å². The molecule has 0 fully saturated rings. The maximum Gasteiger partial charge on any atom is 0.307 e. The van der Waals surface area contributed by atoms with Crippen LogP contribution in [-0.2, 0) is 24.3 Å². The van der Waals surface area contributed by atoms with Gasteiger partial charge in [0.2, 0.25) is 15.9 Å². The third kappa shape index (κ3) is 3.08. The molecule has 0 saturated heterocycles. The van der Waals surface area contributed by atoms with Gasteiger partial charge in [0.05, 0.1) is 28.7 Å². The molecule has 1 amide bonds. The van der Waals surface area contributed by atoms with Crippen LogP contribution in [0.15, 0.2) is 14.5 Å². The van der Waals surface area contributed by atoms with E-state index in [0.29, 0.717) is 9.90 Å². The molecule has 0 saturated carbocycles. The lowest BCUT2D eigenvalue weighted by atomic mass is 10.3. The molecule has 0 radical (unpaired) electrons. The highest BCUT2D eigenvalue weighted by Crippen LogP contribution is 2.43. The fourth-order valence-electron chi connectivity index (χ4n) is 1.43. The van der Waals surface area contributed by atoms with Crippen molar-refractivity contribution in [2.75, 3.05) is 12.4 Å². The summed E-state index contributed by atoms with van der Waals surface area (Å²) in [7, 11) is -2.56. The van der Waals surface area contributed by atoms with Gasteiger partial charge in [-0.2, -0.15) is 0 Å². The number of amides is 1. The Balaban J connectivity index is 2.25. The van der Waals surface area contributed by atoms with E-state index in [-0.39, 0.29) is 16.5 Å². The molecule has 1 aromatic rings. The Morgan fingerprint density at radius 2 is 2.26 bits per heavy atom. The molecular formula is C9H10N2O5S3. The lowest BCUT2D eigenvalue weighted by molar-refractivity contribution is -0.141. The quantitative estimate of drug-likeness (QED) is 0.777. The molecule has 1 unspecified atom stereocenters. The van der Waals surface area contributed by atoms with Crippen LogP contribution in [0, 0.1) is 0 Å². The van der Waals surface area contributed by atoms with Gasteiger partial charge in [0.1, 0.15) is 4.21 Å². The number of methoxy groups -OCH3 is 1. The van der Waals surface area contributed by atoms with Gasteiger partial charge in [-0.15, -0.1) is 11.3 Å². The number of anilines is 1. The van der Waals surface area contributed by atoms with E-state index in [1.807, 2.05) is 0 Å². The number of esters is 1. The van der Waals surface area contributed by atoms with Crippen molar-refractivity contribution >= 4 is 50.7 Å². The first-order chi connectivity index (χ1) is 8.81. The molecular weight excluding hydrogens is 312 g/mol. The Morgan fingerprint density at radius 3 is 2.84 bits per heavy atom. The van der Waals surface area contributed by atoms with Crippen LogP contribution in [0.1, 0.15) is 6.42 Å². The van der Waals surface area contributed by atoms with Crippen LogP contribution < -0.4 is 10.5 Å². The molecule has 0 aliphatic carbocycles. The molecule has 0 aromatic carbocycles. The van der Waals surface area contributed by atoms with Crippen molar-refractivity contribution in [3.05, 3.63) is 6.07 Å². The Bertz CT molecular complexity index is 636. The number of carbonyl (C=O) groups excluding carboxylic acids is 2. The normalized spacial score (nSPS) is 18.6. The summed E-state index contributed by atoms with van der Waals surface area (Å²) in [5.41, 5.74) is 0.408. The maximum atomic E-state index is 11.8. The summed E-state index contributed by atoms with van der Waals surface area (Å²) < 4.78 is 27.5. The highest BCUT2D eigenvalue weighted by molar-refractivity contribution is 8.03. The number of nitrogens with one attached hydrogen (secondary N) is 1. The fourth-order valence-corrected chi connectivity index (χ4v) is 4.86. The number of fused-ring (bicyclic) bond motifs is 1. The van der Waals surface area contributed by atoms with E-state index in [2.05, 4.69) is 10.1 Å². The van der Waals surface area contributed by atoms with Crippen molar-refractivity contribution in [2.24, 2.45) is 5.14 Å². The van der Waals surface area contributed by atoms with Gasteiger partial charge in [0.15, 0.2) is 0 Å². The van der Waals surface area contributed by atoms with Gasteiger partial charge < -0.3 is 10.1 Å². The molecule has 0 spiro atoms. The largest absolute Gasteiger partial charge is 0.469 e. The lowest BCUT2D eigenvalue weighted by Crippen LogP contribution is -2.30. The van der Waals surface area contributed by atoms with Gasteiger partial charge in [-0.1, -0.05) is 11.8 Å². The van der Waals surface area contributed by atoms with Crippen LogP contribution in [-0.4, -0.2) is 32.7 Å². The summed E-state index contributed by atoms with van der Waals surface area (Å²) in [6.45, 7) is 0. The maximum absolute atomic E-state index is 11.8. The SMILES string of the molecule is COC(=O)CC1Sc2sc(S(N)(=O)=O)cc2NC1=O. The van der Waals surface area contributed by atoms with Crippen LogP contribution in [0.4, 0.5) is 5.69 Å². The van der Waals surface area contributed by atoms with Crippen LogP contribution in [0.5, 0.6) is 0 Å². The van der Waals surface area contributed by atoms with Gasteiger partial charge >= 0.3 is 5.97 Å². The molecule has 1 aliphatic heterocycles. The topological polar surface area (TPSA) is 116 Å². The summed E-state index contributed by atoms with van der Waals surface area (Å²) in [6, 6.07) is 1.31. The number of thiophene rings is 1. The minimum atomic E-state index is -3.80. The summed E-state index contributed by atoms with van der Waals surface area (Å²) in [5.74, 6) is -0.860. The molecule has 2 rings (SSSR count). The van der Waals surface area contributed by atoms with E-state index in [1.165, 1.54) is 13.2 Å². The third-order valence-electron chi connectivity index (χ3n) is 2.34. The highest BCUT2D eigenvalue weighted by Gasteiger charge is 2.32. The average molecular weight is 322 g/mol. The molecule has 104 valence electrons. The van der Waals surface area contributed by atoms with Crippen LogP contribution in [0.25, 0.3) is 0 Å². The molecule has 1 aromatic heterocycles. The number of sulfonamides is 1. The Hall–Kier alpha value is -1.10. The van der Waals surface area contributed by atoms with E-state index in [4.69, 9.17) is 5.14 Å². The summed E-state index contributed by atoms with van der Waals surface area (Å²) >= 11 is 2.10. The zero-order chi connectivity index (χ0) is 14.2. The smallest absolute Gasteiger partial charge is 0.307 e. The van der Waals surface area contributed by atoms with Gasteiger partial charge in [-0.05, 0) is 6.07 Å². The monoisotopic (exact) mass is 322 g/mol. The van der Waals surface area contributed by atoms with Crippen molar-refractivity contribution < 1.29 is 22.7 Å². The molecule has 1 atom stereocenters. The summed E-state index contributed by atoms with van der Waals surface area (Å²) in [5, 5.41) is 6.95. The lowest BCUT2D eigenvalue weighted by Gasteiger charge is -2.20. The standard InChI is InChI=1S/C9H10N2O5S3/c1-16-6(12)3-5-8(13)11-4-2-7(19(10,14)15)18-9(4)17-5/h2,5H,3H2,1H3,(H,11,13)(H2,10,14,15). The molecule has 7 nitrogen and oxygen atoms in total. The van der Waals surface area contributed by atoms with Gasteiger partial charge in [-0.25, -0.2) is 13.6 Å². The molecule has 19 heavy (non-hydrogen) atoms. The van der Waals surface area contributed by atoms with Crippen LogP contribution >= 0.6 is 23.1 Å². The Morgan fingerprint density at radius 1 is 1.58 bits per heavy atom. The Kier molecular flexibility index (Phi) is 3.85. The number of nitrogens with two attached hydrogens (primary N) is 1. The second kappa shape index (κ2) is 5.12. The van der Waals surface area contributed by atoms with Gasteiger partial charge in [0, 0.05) is 0 Å². The summed E-state index contributed by atoms with van der Waals surface area (Å²) in [6.07, 6.45) is -0.0744. The number of ether oxygens (including phenoxy) is 1. The molecule has 2 heterocycles. The van der Waals surface area contributed by atoms with Crippen molar-refractivity contribution in [1.82, 2.24) is 0 Å². The van der Waals surface area contributed by atoms with Gasteiger partial charge in [-0.3, -0.25) is 9.59 Å². The number of rotatable bonds is 3. The van der Waals surface area contributed by atoms with Crippen molar-refractivity contribution in [2.45, 2.75) is 20.1 Å². The summed E-state index contributed by atoms with van der Waals surface area (Å²) in [4.78, 5) is 22.9. The van der Waals surface area contributed by atoms with Crippen molar-refractivity contribution in [3.63, 3.8) is 0 Å². The second-order valence-electron chi connectivity index (χ2n) is 3.69. The number of primary sulfonamides is 1. The third-order valence-corrected chi connectivity index (χ3v) is 6.32. The molecule has 1 aliphatic rings. The fraction of sp³-hybridized carbons (Fsp3) is 0.333. The zero-order valence-corrected chi connectivity index (χ0v) is 12.2. The average Bonchev–Trinajstić information content (AvgIpc) is 2.72. The molecule has 3 N–H and O–H groups in total. The van der Waals surface area contributed by atoms with E-state index in [9.17, 15) is 18.0 Å². The molecule has 0 bridgehead atoms. The first kappa shape index (κ1) is 14.3. The minimum Gasteiger partial charge on any atom is -0.469 e. The Labute approximate surface area is 117 Å². The molecule has 10 heteroatoms. The van der Waals surface area contributed by atoms with E-state index < -0.39 is 21.2 Å². The first-order valence-corrected chi connectivity index (χ1v) is 8.26. The van der Waals surface area contributed by atoms with Gasteiger partial charge in [0.25, 0.3) is 0 Å². The number of hydrogen-bond donors (Lipinski definition) is 2. The number of carbonyl (C=O) groups is 2. The van der Waals surface area contributed by atoms with E-state index in [1.54, 1.807) is 0 Å². The predicted molar refractivity (Wildman–Crippen MR) is 70.6 cm³/mol. The second-order valence-corrected chi connectivity index (χ2v) is 8.00. The van der Waals surface area contributed by atoms with Crippen molar-refractivity contribution in [1.29, 1.82) is 0 Å². The number of hydrogen-bond acceptors (Lipinski definition) is 7. The number of thioether (sulfide) groups is 1. The first-order valence-electron chi connectivity index (χ1n) is 5.02. The van der Waals surface area contributed by atoms with E-state index in [0.717, 1.165) is 23.1 Å². The van der Waals surface area contributed by atoms with Crippen LogP contribution in [0.2, 0.25) is 0 Å². The highest BCUT2D eigenvalue weighted by atomic mass is 32.3. The minimum absolute atomic E-state index is 0.0241. The van der Waals surface area contributed by atoms with Crippen molar-refractivity contribution in [3.8, 4) is 0 Å². The predicted octanol–water partition coefficient (Wildman–Crippen LogP) is 0.371. The zero-order valence-electron chi connectivity index (χ0n) is 9.71.